The maximum absolute atomic E-state index is 12.4. The Bertz CT molecular complexity index is 630. The molecule has 1 saturated heterocycles. The number of aromatic nitrogens is 3. The Labute approximate surface area is 133 Å². The molecule has 1 fully saturated rings. The van der Waals surface area contributed by atoms with E-state index in [9.17, 15) is 4.79 Å². The maximum Gasteiger partial charge on any atom is 0.225 e. The topological polar surface area (TPSA) is 71.0 Å². The smallest absolute Gasteiger partial charge is 0.225 e. The van der Waals surface area contributed by atoms with E-state index in [0.29, 0.717) is 13.1 Å². The average molecular weight is 317 g/mol. The van der Waals surface area contributed by atoms with E-state index in [1.54, 1.807) is 29.9 Å². The van der Waals surface area contributed by atoms with Crippen molar-refractivity contribution in [2.24, 2.45) is 5.92 Å². The molecule has 0 aromatic carbocycles. The number of carbonyl (C=O) groups is 1. The van der Waals surface area contributed by atoms with E-state index in [2.05, 4.69) is 25.2 Å². The second-order valence-electron chi connectivity index (χ2n) is 5.45. The lowest BCUT2D eigenvalue weighted by Gasteiger charge is -2.32. The van der Waals surface area contributed by atoms with Gasteiger partial charge in [-0.05, 0) is 19.8 Å². The molecule has 1 N–H and O–H groups in total. The highest BCUT2D eigenvalue weighted by Crippen LogP contribution is 2.21. The first-order valence-electron chi connectivity index (χ1n) is 7.42. The van der Waals surface area contributed by atoms with Gasteiger partial charge in [0.2, 0.25) is 5.91 Å². The van der Waals surface area contributed by atoms with Crippen molar-refractivity contribution in [2.75, 3.05) is 18.0 Å². The molecular formula is C15H19N5OS. The molecule has 3 heterocycles. The molecule has 1 aliphatic heterocycles. The first-order valence-corrected chi connectivity index (χ1v) is 8.30. The number of carbonyl (C=O) groups excluding carboxylic acids is 1. The molecule has 0 aliphatic carbocycles. The van der Waals surface area contributed by atoms with Gasteiger partial charge in [-0.15, -0.1) is 11.3 Å². The number of hydrogen-bond acceptors (Lipinski definition) is 6. The van der Waals surface area contributed by atoms with Crippen molar-refractivity contribution in [1.82, 2.24) is 20.3 Å². The van der Waals surface area contributed by atoms with Gasteiger partial charge in [-0.1, -0.05) is 0 Å². The van der Waals surface area contributed by atoms with Gasteiger partial charge < -0.3 is 10.2 Å². The second kappa shape index (κ2) is 6.83. The first kappa shape index (κ1) is 14.9. The van der Waals surface area contributed by atoms with Crippen LogP contribution in [-0.2, 0) is 11.3 Å². The van der Waals surface area contributed by atoms with Crippen molar-refractivity contribution in [2.45, 2.75) is 26.3 Å². The molecule has 6 nitrogen and oxygen atoms in total. The molecular weight excluding hydrogens is 298 g/mol. The lowest BCUT2D eigenvalue weighted by atomic mass is 9.97. The Hall–Kier alpha value is -2.02. The van der Waals surface area contributed by atoms with E-state index in [-0.39, 0.29) is 11.8 Å². The molecule has 1 atom stereocenters. The summed E-state index contributed by atoms with van der Waals surface area (Å²) in [6, 6.07) is 0. The number of amides is 1. The third-order valence-corrected chi connectivity index (χ3v) is 4.71. The van der Waals surface area contributed by atoms with E-state index in [4.69, 9.17) is 0 Å². The van der Waals surface area contributed by atoms with Crippen molar-refractivity contribution in [3.8, 4) is 0 Å². The molecule has 2 aromatic heterocycles. The predicted molar refractivity (Wildman–Crippen MR) is 85.7 cm³/mol. The van der Waals surface area contributed by atoms with E-state index in [0.717, 1.165) is 35.9 Å². The van der Waals surface area contributed by atoms with Gasteiger partial charge in [0.25, 0.3) is 0 Å². The summed E-state index contributed by atoms with van der Waals surface area (Å²) >= 11 is 1.58. The lowest BCUT2D eigenvalue weighted by molar-refractivity contribution is -0.125. The number of hydrogen-bond donors (Lipinski definition) is 1. The fourth-order valence-corrected chi connectivity index (χ4v) is 3.36. The minimum atomic E-state index is -0.00295. The van der Waals surface area contributed by atoms with Crippen LogP contribution in [0.5, 0.6) is 0 Å². The highest BCUT2D eigenvalue weighted by molar-refractivity contribution is 7.09. The van der Waals surface area contributed by atoms with Crippen LogP contribution >= 0.6 is 11.3 Å². The molecule has 0 spiro atoms. The highest BCUT2D eigenvalue weighted by Gasteiger charge is 2.26. The summed E-state index contributed by atoms with van der Waals surface area (Å²) in [6.07, 6.45) is 7.00. The van der Waals surface area contributed by atoms with Crippen LogP contribution in [0.25, 0.3) is 0 Å². The third-order valence-electron chi connectivity index (χ3n) is 3.75. The number of piperidine rings is 1. The summed E-state index contributed by atoms with van der Waals surface area (Å²) in [7, 11) is 0. The summed E-state index contributed by atoms with van der Waals surface area (Å²) in [6.45, 7) is 4.09. The molecule has 0 bridgehead atoms. The van der Waals surface area contributed by atoms with Crippen LogP contribution in [0.4, 0.5) is 5.82 Å². The summed E-state index contributed by atoms with van der Waals surface area (Å²) in [5.74, 6) is 0.939. The zero-order chi connectivity index (χ0) is 15.4. The summed E-state index contributed by atoms with van der Waals surface area (Å²) in [5, 5.41) is 5.95. The van der Waals surface area contributed by atoms with Gasteiger partial charge in [0.1, 0.15) is 10.8 Å². The van der Waals surface area contributed by atoms with Crippen LogP contribution in [0.2, 0.25) is 0 Å². The van der Waals surface area contributed by atoms with Gasteiger partial charge in [0.05, 0.1) is 18.7 Å². The predicted octanol–water partition coefficient (Wildman–Crippen LogP) is 1.77. The molecule has 116 valence electrons. The number of nitrogens with zero attached hydrogens (tertiary/aromatic N) is 4. The van der Waals surface area contributed by atoms with Crippen LogP contribution < -0.4 is 10.2 Å². The number of nitrogens with one attached hydrogen (secondary N) is 1. The first-order chi connectivity index (χ1) is 10.7. The molecule has 3 rings (SSSR count). The SMILES string of the molecule is Cc1csc(CNC(=O)C2CCCN(c3cnccn3)C2)n1. The van der Waals surface area contributed by atoms with E-state index in [1.165, 1.54) is 0 Å². The monoisotopic (exact) mass is 317 g/mol. The highest BCUT2D eigenvalue weighted by atomic mass is 32.1. The van der Waals surface area contributed by atoms with Gasteiger partial charge in [0.15, 0.2) is 0 Å². The largest absolute Gasteiger partial charge is 0.355 e. The van der Waals surface area contributed by atoms with Gasteiger partial charge in [-0.2, -0.15) is 0 Å². The second-order valence-corrected chi connectivity index (χ2v) is 6.39. The molecule has 1 amide bonds. The molecule has 0 radical (unpaired) electrons. The zero-order valence-electron chi connectivity index (χ0n) is 12.5. The van der Waals surface area contributed by atoms with Crippen LogP contribution in [0, 0.1) is 12.8 Å². The fourth-order valence-electron chi connectivity index (χ4n) is 2.64. The third kappa shape index (κ3) is 3.59. The number of aryl methyl sites for hydroxylation is 1. The van der Waals surface area contributed by atoms with E-state index in [1.807, 2.05) is 12.3 Å². The minimum absolute atomic E-state index is 0.00295. The van der Waals surface area contributed by atoms with Crippen LogP contribution in [0.3, 0.4) is 0 Å². The summed E-state index contributed by atoms with van der Waals surface area (Å²) in [5.41, 5.74) is 1.00. The average Bonchev–Trinajstić information content (AvgIpc) is 2.99. The molecule has 1 aliphatic rings. The molecule has 0 saturated carbocycles. The van der Waals surface area contributed by atoms with Crippen LogP contribution in [0.15, 0.2) is 24.0 Å². The van der Waals surface area contributed by atoms with Crippen molar-refractivity contribution in [3.05, 3.63) is 34.7 Å². The standard InChI is InChI=1S/C15H19N5OS/c1-11-10-22-14(19-11)8-18-15(21)12-3-2-6-20(9-12)13-7-16-4-5-17-13/h4-5,7,10,12H,2-3,6,8-9H2,1H3,(H,18,21). The van der Waals surface area contributed by atoms with Crippen LogP contribution in [-0.4, -0.2) is 33.9 Å². The normalized spacial score (nSPS) is 18.2. The van der Waals surface area contributed by atoms with Gasteiger partial charge in [-0.25, -0.2) is 9.97 Å². The number of anilines is 1. The van der Waals surface area contributed by atoms with Crippen LogP contribution in [0.1, 0.15) is 23.5 Å². The molecule has 22 heavy (non-hydrogen) atoms. The molecule has 1 unspecified atom stereocenters. The Morgan fingerprint density at radius 2 is 2.41 bits per heavy atom. The van der Waals surface area contributed by atoms with Crippen molar-refractivity contribution in [1.29, 1.82) is 0 Å². The molecule has 7 heteroatoms. The summed E-state index contributed by atoms with van der Waals surface area (Å²) in [4.78, 5) is 27.3. The van der Waals surface area contributed by atoms with Crippen molar-refractivity contribution < 1.29 is 4.79 Å². The van der Waals surface area contributed by atoms with E-state index < -0.39 is 0 Å². The quantitative estimate of drug-likeness (QED) is 0.930. The minimum Gasteiger partial charge on any atom is -0.355 e. The Balaban J connectivity index is 1.56. The van der Waals surface area contributed by atoms with E-state index >= 15 is 0 Å². The van der Waals surface area contributed by atoms with Gasteiger partial charge in [-0.3, -0.25) is 9.78 Å². The number of rotatable bonds is 4. The molecule has 2 aromatic rings. The fraction of sp³-hybridized carbons (Fsp3) is 0.467. The maximum atomic E-state index is 12.4. The Kier molecular flexibility index (Phi) is 4.62. The number of thiazole rings is 1. The van der Waals surface area contributed by atoms with Crippen molar-refractivity contribution >= 4 is 23.1 Å². The Morgan fingerprint density at radius 1 is 1.50 bits per heavy atom. The zero-order valence-corrected chi connectivity index (χ0v) is 13.3. The van der Waals surface area contributed by atoms with Gasteiger partial charge >= 0.3 is 0 Å². The Morgan fingerprint density at radius 3 is 3.14 bits per heavy atom. The lowest BCUT2D eigenvalue weighted by Crippen LogP contribution is -2.43. The van der Waals surface area contributed by atoms with Crippen molar-refractivity contribution in [3.63, 3.8) is 0 Å². The summed E-state index contributed by atoms with van der Waals surface area (Å²) < 4.78 is 0. The van der Waals surface area contributed by atoms with Gasteiger partial charge in [0, 0.05) is 36.6 Å².